The van der Waals surface area contributed by atoms with Gasteiger partial charge in [-0.25, -0.2) is 8.42 Å². The van der Waals surface area contributed by atoms with E-state index in [4.69, 9.17) is 5.73 Å². The van der Waals surface area contributed by atoms with Crippen LogP contribution in [0.3, 0.4) is 0 Å². The Morgan fingerprint density at radius 1 is 1.29 bits per heavy atom. The summed E-state index contributed by atoms with van der Waals surface area (Å²) < 4.78 is 23.0. The number of amides is 2. The quantitative estimate of drug-likeness (QED) is 0.737. The van der Waals surface area contributed by atoms with E-state index in [2.05, 4.69) is 5.32 Å². The molecule has 0 heterocycles. The summed E-state index contributed by atoms with van der Waals surface area (Å²) in [6, 6.07) is 3.87. The van der Waals surface area contributed by atoms with E-state index < -0.39 is 15.7 Å². The number of sulfone groups is 1. The number of carbonyl (C=O) groups excluding carboxylic acids is 2. The molecule has 2 amide bonds. The number of nitrogens with one attached hydrogen (secondary N) is 1. The molecule has 0 fully saturated rings. The van der Waals surface area contributed by atoms with Crippen molar-refractivity contribution in [3.05, 3.63) is 23.8 Å². The Balaban J connectivity index is 2.89. The highest BCUT2D eigenvalue weighted by molar-refractivity contribution is 7.90. The number of benzene rings is 1. The first-order chi connectivity index (χ1) is 9.65. The van der Waals surface area contributed by atoms with Gasteiger partial charge in [0, 0.05) is 31.1 Å². The van der Waals surface area contributed by atoms with E-state index in [1.807, 2.05) is 6.92 Å². The van der Waals surface area contributed by atoms with Crippen molar-refractivity contribution in [3.8, 4) is 0 Å². The van der Waals surface area contributed by atoms with E-state index in [9.17, 15) is 18.0 Å². The molecule has 21 heavy (non-hydrogen) atoms. The molecule has 1 aromatic carbocycles. The fourth-order valence-corrected chi connectivity index (χ4v) is 2.23. The van der Waals surface area contributed by atoms with Crippen LogP contribution in [0.2, 0.25) is 0 Å². The highest BCUT2D eigenvalue weighted by Crippen LogP contribution is 2.16. The molecule has 0 atom stereocenters. The lowest BCUT2D eigenvalue weighted by Gasteiger charge is -2.15. The summed E-state index contributed by atoms with van der Waals surface area (Å²) in [4.78, 5) is 25.0. The second-order valence-electron chi connectivity index (χ2n) is 4.65. The lowest BCUT2D eigenvalue weighted by atomic mass is 10.2. The molecule has 0 unspecified atom stereocenters. The van der Waals surface area contributed by atoms with E-state index in [0.717, 1.165) is 6.26 Å². The van der Waals surface area contributed by atoms with Crippen molar-refractivity contribution < 1.29 is 18.0 Å². The van der Waals surface area contributed by atoms with Crippen molar-refractivity contribution in [2.75, 3.05) is 32.1 Å². The first kappa shape index (κ1) is 17.0. The summed E-state index contributed by atoms with van der Waals surface area (Å²) in [5, 5.41) is 2.44. The number of rotatable bonds is 5. The van der Waals surface area contributed by atoms with Crippen LogP contribution >= 0.6 is 0 Å². The summed E-state index contributed by atoms with van der Waals surface area (Å²) >= 11 is 0. The number of nitrogens with two attached hydrogens (primary N) is 1. The molecule has 3 N–H and O–H groups in total. The van der Waals surface area contributed by atoms with Gasteiger partial charge < -0.3 is 16.0 Å². The van der Waals surface area contributed by atoms with Gasteiger partial charge in [0.1, 0.15) is 0 Å². The lowest BCUT2D eigenvalue weighted by Crippen LogP contribution is -2.38. The van der Waals surface area contributed by atoms with E-state index in [0.29, 0.717) is 6.54 Å². The monoisotopic (exact) mass is 313 g/mol. The zero-order chi connectivity index (χ0) is 16.2. The van der Waals surface area contributed by atoms with E-state index in [-0.39, 0.29) is 28.6 Å². The van der Waals surface area contributed by atoms with Crippen LogP contribution in [0, 0.1) is 0 Å². The van der Waals surface area contributed by atoms with Crippen LogP contribution < -0.4 is 11.1 Å². The fraction of sp³-hybridized carbons (Fsp3) is 0.385. The molecule has 0 aliphatic carbocycles. The van der Waals surface area contributed by atoms with Gasteiger partial charge >= 0.3 is 0 Å². The van der Waals surface area contributed by atoms with Crippen molar-refractivity contribution >= 4 is 27.3 Å². The van der Waals surface area contributed by atoms with Gasteiger partial charge in [0.2, 0.25) is 5.91 Å². The van der Waals surface area contributed by atoms with E-state index in [1.165, 1.54) is 23.1 Å². The van der Waals surface area contributed by atoms with Gasteiger partial charge in [-0.05, 0) is 25.1 Å². The number of carbonyl (C=O) groups is 2. The SMILES string of the molecule is CCN(C)C(=O)CNC(=O)c1cc(N)cc(S(C)(=O)=O)c1. The van der Waals surface area contributed by atoms with Crippen LogP contribution in [0.1, 0.15) is 17.3 Å². The van der Waals surface area contributed by atoms with Crippen LogP contribution in [-0.4, -0.2) is 51.5 Å². The van der Waals surface area contributed by atoms with E-state index in [1.54, 1.807) is 7.05 Å². The van der Waals surface area contributed by atoms with Crippen molar-refractivity contribution in [3.63, 3.8) is 0 Å². The number of anilines is 1. The lowest BCUT2D eigenvalue weighted by molar-refractivity contribution is -0.128. The first-order valence-electron chi connectivity index (χ1n) is 6.28. The predicted molar refractivity (Wildman–Crippen MR) is 79.6 cm³/mol. The number of hydrogen-bond acceptors (Lipinski definition) is 5. The maximum atomic E-state index is 12.0. The number of nitrogen functional groups attached to an aromatic ring is 1. The molecule has 0 saturated heterocycles. The molecule has 0 aliphatic rings. The minimum atomic E-state index is -3.47. The molecular formula is C13H19N3O4S. The van der Waals surface area contributed by atoms with Gasteiger partial charge in [-0.2, -0.15) is 0 Å². The average molecular weight is 313 g/mol. The zero-order valence-electron chi connectivity index (χ0n) is 12.2. The Labute approximate surface area is 124 Å². The van der Waals surface area contributed by atoms with Crippen molar-refractivity contribution in [2.45, 2.75) is 11.8 Å². The Morgan fingerprint density at radius 3 is 2.43 bits per heavy atom. The molecule has 116 valence electrons. The summed E-state index contributed by atoms with van der Waals surface area (Å²) in [7, 11) is -1.84. The molecule has 1 aromatic rings. The molecule has 0 aliphatic heterocycles. The largest absolute Gasteiger partial charge is 0.399 e. The second kappa shape index (κ2) is 6.57. The summed E-state index contributed by atoms with van der Waals surface area (Å²) in [5.74, 6) is -0.789. The van der Waals surface area contributed by atoms with Gasteiger partial charge in [-0.1, -0.05) is 0 Å². The predicted octanol–water partition coefficient (Wildman–Crippen LogP) is -0.120. The van der Waals surface area contributed by atoms with Crippen LogP contribution in [0.25, 0.3) is 0 Å². The van der Waals surface area contributed by atoms with Crippen LogP contribution in [0.5, 0.6) is 0 Å². The zero-order valence-corrected chi connectivity index (χ0v) is 13.0. The van der Waals surface area contributed by atoms with Crippen LogP contribution in [0.4, 0.5) is 5.69 Å². The number of hydrogen-bond donors (Lipinski definition) is 2. The van der Waals surface area contributed by atoms with Crippen molar-refractivity contribution in [1.82, 2.24) is 10.2 Å². The highest BCUT2D eigenvalue weighted by atomic mass is 32.2. The molecule has 0 bridgehead atoms. The highest BCUT2D eigenvalue weighted by Gasteiger charge is 2.15. The number of nitrogens with zero attached hydrogens (tertiary/aromatic N) is 1. The van der Waals surface area contributed by atoms with Gasteiger partial charge in [-0.3, -0.25) is 9.59 Å². The molecular weight excluding hydrogens is 294 g/mol. The van der Waals surface area contributed by atoms with E-state index >= 15 is 0 Å². The summed E-state index contributed by atoms with van der Waals surface area (Å²) in [6.07, 6.45) is 1.03. The van der Waals surface area contributed by atoms with Crippen molar-refractivity contribution in [1.29, 1.82) is 0 Å². The van der Waals surface area contributed by atoms with Gasteiger partial charge in [0.15, 0.2) is 9.84 Å². The molecule has 0 aromatic heterocycles. The fourth-order valence-electron chi connectivity index (χ4n) is 1.54. The summed E-state index contributed by atoms with van der Waals surface area (Å²) in [5.41, 5.74) is 5.87. The van der Waals surface area contributed by atoms with Crippen LogP contribution in [0.15, 0.2) is 23.1 Å². The normalized spacial score (nSPS) is 11.0. The summed E-state index contributed by atoms with van der Waals surface area (Å²) in [6.45, 7) is 2.19. The van der Waals surface area contributed by atoms with Gasteiger partial charge in [0.05, 0.1) is 11.4 Å². The topological polar surface area (TPSA) is 110 Å². The molecule has 8 heteroatoms. The molecule has 0 saturated carbocycles. The maximum Gasteiger partial charge on any atom is 0.251 e. The smallest absolute Gasteiger partial charge is 0.251 e. The Hall–Kier alpha value is -2.09. The molecule has 1 rings (SSSR count). The number of likely N-dealkylation sites (N-methyl/N-ethyl adjacent to an activating group) is 1. The maximum absolute atomic E-state index is 12.0. The molecule has 7 nitrogen and oxygen atoms in total. The van der Waals surface area contributed by atoms with Gasteiger partial charge in [-0.15, -0.1) is 0 Å². The Kier molecular flexibility index (Phi) is 5.31. The van der Waals surface area contributed by atoms with Crippen molar-refractivity contribution in [2.24, 2.45) is 0 Å². The molecule has 0 radical (unpaired) electrons. The first-order valence-corrected chi connectivity index (χ1v) is 8.17. The Bertz CT molecular complexity index is 655. The molecule has 0 spiro atoms. The third-order valence-electron chi connectivity index (χ3n) is 2.92. The minimum absolute atomic E-state index is 0.0374. The third kappa shape index (κ3) is 4.75. The minimum Gasteiger partial charge on any atom is -0.399 e. The average Bonchev–Trinajstić information content (AvgIpc) is 2.41. The van der Waals surface area contributed by atoms with Crippen LogP contribution in [-0.2, 0) is 14.6 Å². The van der Waals surface area contributed by atoms with Gasteiger partial charge in [0.25, 0.3) is 5.91 Å². The second-order valence-corrected chi connectivity index (χ2v) is 6.67. The standard InChI is InChI=1S/C13H19N3O4S/c1-4-16(2)12(17)8-15-13(18)9-5-10(14)7-11(6-9)21(3,19)20/h5-7H,4,8,14H2,1-3H3,(H,15,18). The third-order valence-corrected chi connectivity index (χ3v) is 4.01. The Morgan fingerprint density at radius 2 is 1.90 bits per heavy atom.